The monoisotopic (exact) mass is 1390 g/mol. The molecule has 2 saturated heterocycles. The van der Waals surface area contributed by atoms with Crippen molar-refractivity contribution in [1.82, 2.24) is 65.8 Å². The minimum atomic E-state index is -1.42. The Morgan fingerprint density at radius 3 is 1.00 bits per heavy atom. The first kappa shape index (κ1) is 83.7. The third-order valence-electron chi connectivity index (χ3n) is 17.2. The van der Waals surface area contributed by atoms with Crippen LogP contribution in [0.5, 0.6) is 0 Å². The molecule has 2 aliphatic rings. The Morgan fingerprint density at radius 1 is 0.398 bits per heavy atom. The molecule has 2 heterocycles. The molecule has 2 aliphatic heterocycles. The standard InChI is InChI=1S/C62H100N14O22/c1-4-41(2)42(3)58(92)68-45(9-12-49(63)77)59(93)65-33-43-5-7-44(8-6-43)34-66-60(94)46(67-51(79)14-11-48(62(97)98)76-31-27-73(39-56(88)89)23-19-70(36-53(82)83)20-24-74(28-32-76)40-57(90)91)15-16-64-50(78)13-10-47(61(95)96)75-29-25-71(37-54(84)85)21-17-69(35-52(80)81)18-22-72(26-30-75)38-55(86)87/h5-8,41-42,45-48H,4,9-40H2,1-3H3,(H2,63,77)(H,64,78)(H,65,93)(H,66,94)(H,67,79)(H,68,92)(H,80,81)(H,82,83)(H,84,85)(H,86,87)(H,88,89)(H,90,91)(H,95,96)(H,97,98)/t41?,42-,45-,46-,47?,48?/m0/s1. The fourth-order valence-electron chi connectivity index (χ4n) is 11.1. The van der Waals surface area contributed by atoms with Crippen LogP contribution in [0, 0.1) is 11.8 Å². The Hall–Kier alpha value is -8.52. The Balaban J connectivity index is 1.87. The minimum Gasteiger partial charge on any atom is -0.480 e. The van der Waals surface area contributed by atoms with E-state index >= 15 is 0 Å². The topological polar surface area (TPSA) is 513 Å². The number of benzene rings is 1. The second kappa shape index (κ2) is 44.4. The molecule has 1 aromatic rings. The Kier molecular flexibility index (Phi) is 37.9. The van der Waals surface area contributed by atoms with Gasteiger partial charge in [-0.25, -0.2) is 0 Å². The van der Waals surface area contributed by atoms with Gasteiger partial charge in [-0.2, -0.15) is 0 Å². The molecule has 2 fully saturated rings. The van der Waals surface area contributed by atoms with E-state index in [0.29, 0.717) is 11.1 Å². The smallest absolute Gasteiger partial charge is 0.320 e. The van der Waals surface area contributed by atoms with Gasteiger partial charge in [-0.15, -0.1) is 0 Å². The number of nitrogens with two attached hydrogens (primary N) is 1. The highest BCUT2D eigenvalue weighted by Crippen LogP contribution is 2.17. The van der Waals surface area contributed by atoms with E-state index in [9.17, 15) is 108 Å². The molecular formula is C62H100N14O22. The van der Waals surface area contributed by atoms with Crippen molar-refractivity contribution in [3.05, 3.63) is 35.4 Å². The number of nitrogens with one attached hydrogen (secondary N) is 5. The largest absolute Gasteiger partial charge is 0.480 e. The lowest BCUT2D eigenvalue weighted by Gasteiger charge is -2.35. The lowest BCUT2D eigenvalue weighted by atomic mass is 9.92. The highest BCUT2D eigenvalue weighted by Gasteiger charge is 2.33. The lowest BCUT2D eigenvalue weighted by molar-refractivity contribution is -0.145. The van der Waals surface area contributed by atoms with Gasteiger partial charge in [0.25, 0.3) is 0 Å². The molecule has 6 amide bonds. The van der Waals surface area contributed by atoms with Crippen LogP contribution in [0.25, 0.3) is 0 Å². The molecule has 6 atom stereocenters. The number of rotatable bonds is 39. The molecular weight excluding hydrogens is 1290 g/mol. The van der Waals surface area contributed by atoms with Crippen molar-refractivity contribution in [2.75, 3.05) is 151 Å². The summed E-state index contributed by atoms with van der Waals surface area (Å²) < 4.78 is 0. The molecule has 0 radical (unpaired) electrons. The van der Waals surface area contributed by atoms with Gasteiger partial charge in [0, 0.05) is 150 Å². The number of carboxylic acids is 8. The van der Waals surface area contributed by atoms with Crippen molar-refractivity contribution < 1.29 is 108 Å². The third-order valence-corrected chi connectivity index (χ3v) is 17.2. The summed E-state index contributed by atoms with van der Waals surface area (Å²) in [6.07, 6.45) is -1.32. The molecule has 3 rings (SSSR count). The van der Waals surface area contributed by atoms with Gasteiger partial charge in [0.1, 0.15) is 24.2 Å². The molecule has 36 heteroatoms. The minimum absolute atomic E-state index is 0.000469. The van der Waals surface area contributed by atoms with E-state index in [1.54, 1.807) is 36.1 Å². The maximum Gasteiger partial charge on any atom is 0.320 e. The SMILES string of the molecule is CCC(C)[C@H](C)C(=O)N[C@@H](CCC(N)=O)C(=O)NCc1ccc(CNC(=O)[C@H](CCNC(=O)CCC(C(=O)O)N2CCN(CC(=O)O)CCN(CC(=O)O)CCN(CC(=O)O)CC2)NC(=O)CCC(C(=O)O)N2CCN(CC(=O)O)CCN(CC(=O)O)CCN(CC(=O)O)CC2)cc1. The van der Waals surface area contributed by atoms with Gasteiger partial charge >= 0.3 is 47.8 Å². The summed E-state index contributed by atoms with van der Waals surface area (Å²) in [4.78, 5) is 189. The van der Waals surface area contributed by atoms with Crippen LogP contribution in [0.2, 0.25) is 0 Å². The van der Waals surface area contributed by atoms with Gasteiger partial charge in [-0.3, -0.25) is 106 Å². The average molecular weight is 1390 g/mol. The summed E-state index contributed by atoms with van der Waals surface area (Å²) in [7, 11) is 0. The zero-order valence-electron chi connectivity index (χ0n) is 56.1. The van der Waals surface area contributed by atoms with E-state index in [1.165, 1.54) is 34.3 Å². The van der Waals surface area contributed by atoms with Crippen LogP contribution in [-0.2, 0) is 80.2 Å². The molecule has 15 N–H and O–H groups in total. The lowest BCUT2D eigenvalue weighted by Crippen LogP contribution is -2.52. The van der Waals surface area contributed by atoms with Gasteiger partial charge in [-0.05, 0) is 42.7 Å². The number of carboxylic acid groups (broad SMARTS) is 8. The van der Waals surface area contributed by atoms with Crippen LogP contribution in [0.4, 0.5) is 0 Å². The van der Waals surface area contributed by atoms with Gasteiger partial charge in [0.05, 0.1) is 39.3 Å². The number of carbonyl (C=O) groups excluding carboxylic acids is 6. The molecule has 0 spiro atoms. The quantitative estimate of drug-likeness (QED) is 0.0297. The highest BCUT2D eigenvalue weighted by atomic mass is 16.4. The Morgan fingerprint density at radius 2 is 0.704 bits per heavy atom. The molecule has 0 bridgehead atoms. The maximum atomic E-state index is 14.2. The third kappa shape index (κ3) is 34.1. The number of carbonyl (C=O) groups is 14. The van der Waals surface area contributed by atoms with Crippen molar-refractivity contribution in [3.63, 3.8) is 0 Å². The van der Waals surface area contributed by atoms with E-state index in [2.05, 4.69) is 26.6 Å². The predicted octanol–water partition coefficient (Wildman–Crippen LogP) is -4.24. The molecule has 3 unspecified atom stereocenters. The predicted molar refractivity (Wildman–Crippen MR) is 348 cm³/mol. The summed E-state index contributed by atoms with van der Waals surface area (Å²) in [5.74, 6) is -14.0. The highest BCUT2D eigenvalue weighted by molar-refractivity contribution is 5.90. The zero-order chi connectivity index (χ0) is 73.0. The van der Waals surface area contributed by atoms with E-state index in [0.717, 1.165) is 6.42 Å². The van der Waals surface area contributed by atoms with Gasteiger partial charge in [-0.1, -0.05) is 51.5 Å². The number of hydrogen-bond acceptors (Lipinski definition) is 22. The van der Waals surface area contributed by atoms with E-state index < -0.39 is 159 Å². The van der Waals surface area contributed by atoms with Gasteiger partial charge < -0.3 is 73.2 Å². The Bertz CT molecular complexity index is 2770. The molecule has 36 nitrogen and oxygen atoms in total. The van der Waals surface area contributed by atoms with E-state index in [1.807, 2.05) is 13.8 Å². The van der Waals surface area contributed by atoms with Crippen LogP contribution in [-0.4, -0.2) is 338 Å². The molecule has 0 saturated carbocycles. The summed E-state index contributed by atoms with van der Waals surface area (Å²) in [6, 6.07) is 1.39. The van der Waals surface area contributed by atoms with E-state index in [-0.39, 0.29) is 168 Å². The van der Waals surface area contributed by atoms with Crippen LogP contribution >= 0.6 is 0 Å². The molecule has 0 aromatic heterocycles. The van der Waals surface area contributed by atoms with Gasteiger partial charge in [0.15, 0.2) is 0 Å². The fourth-order valence-corrected chi connectivity index (χ4v) is 11.1. The van der Waals surface area contributed by atoms with Crippen molar-refractivity contribution in [1.29, 1.82) is 0 Å². The second-order valence-corrected chi connectivity index (χ2v) is 24.6. The molecule has 98 heavy (non-hydrogen) atoms. The van der Waals surface area contributed by atoms with Crippen LogP contribution in [0.1, 0.15) is 83.3 Å². The summed E-state index contributed by atoms with van der Waals surface area (Å²) in [6.45, 7) is 2.80. The van der Waals surface area contributed by atoms with Gasteiger partial charge in [0.2, 0.25) is 35.4 Å². The number of aliphatic carboxylic acids is 8. The summed E-state index contributed by atoms with van der Waals surface area (Å²) in [5.41, 5.74) is 6.51. The van der Waals surface area contributed by atoms with Crippen molar-refractivity contribution in [2.24, 2.45) is 17.6 Å². The molecule has 1 aromatic carbocycles. The summed E-state index contributed by atoms with van der Waals surface area (Å²) >= 11 is 0. The van der Waals surface area contributed by atoms with Crippen LogP contribution in [0.15, 0.2) is 24.3 Å². The van der Waals surface area contributed by atoms with Crippen molar-refractivity contribution in [3.8, 4) is 0 Å². The first-order valence-corrected chi connectivity index (χ1v) is 32.7. The maximum absolute atomic E-state index is 14.2. The molecule has 0 aliphatic carbocycles. The van der Waals surface area contributed by atoms with Crippen molar-refractivity contribution >= 4 is 83.2 Å². The molecule has 550 valence electrons. The van der Waals surface area contributed by atoms with Crippen LogP contribution < -0.4 is 32.3 Å². The van der Waals surface area contributed by atoms with Crippen molar-refractivity contribution in [2.45, 2.75) is 109 Å². The number of hydrogen-bond donors (Lipinski definition) is 14. The number of primary amides is 1. The summed E-state index contributed by atoms with van der Waals surface area (Å²) in [5, 5.41) is 92.5. The Labute approximate surface area is 568 Å². The average Bonchev–Trinajstić information content (AvgIpc) is 0.963. The normalized spacial score (nSPS) is 17.9. The number of nitrogens with zero attached hydrogens (tertiary/aromatic N) is 8. The zero-order valence-corrected chi connectivity index (χ0v) is 56.1. The first-order chi connectivity index (χ1) is 46.3. The van der Waals surface area contributed by atoms with E-state index in [4.69, 9.17) is 5.73 Å². The van der Waals surface area contributed by atoms with Crippen LogP contribution in [0.3, 0.4) is 0 Å². The second-order valence-electron chi connectivity index (χ2n) is 24.6. The number of amides is 6. The fraction of sp³-hybridized carbons (Fsp3) is 0.677. The first-order valence-electron chi connectivity index (χ1n) is 32.7.